The summed E-state index contributed by atoms with van der Waals surface area (Å²) in [6.07, 6.45) is 1.54. The van der Waals surface area contributed by atoms with E-state index in [4.69, 9.17) is 15.2 Å². The van der Waals surface area contributed by atoms with Gasteiger partial charge >= 0.3 is 0 Å². The fourth-order valence-electron chi connectivity index (χ4n) is 4.65. The predicted molar refractivity (Wildman–Crippen MR) is 152 cm³/mol. The van der Waals surface area contributed by atoms with Crippen LogP contribution in [0.4, 0.5) is 10.1 Å². The quantitative estimate of drug-likeness (QED) is 0.309. The molecule has 1 fully saturated rings. The molecule has 0 spiro atoms. The molecular weight excluding hydrogens is 514 g/mol. The molecule has 0 aliphatic carbocycles. The average molecular weight is 552 g/mol. The Labute approximate surface area is 231 Å². The van der Waals surface area contributed by atoms with Gasteiger partial charge in [0.15, 0.2) is 0 Å². The normalized spacial score (nSPS) is 14.8. The molecule has 1 unspecified atom stereocenters. The molecule has 0 amide bonds. The summed E-state index contributed by atoms with van der Waals surface area (Å²) in [5, 5.41) is 10.6. The first-order valence-corrected chi connectivity index (χ1v) is 12.2. The van der Waals surface area contributed by atoms with E-state index in [0.717, 1.165) is 59.8 Å². The number of nitrogens with two attached hydrogens (primary N) is 1. The van der Waals surface area contributed by atoms with Crippen molar-refractivity contribution >= 4 is 30.5 Å². The van der Waals surface area contributed by atoms with Gasteiger partial charge in [0.2, 0.25) is 0 Å². The van der Waals surface area contributed by atoms with E-state index in [0.29, 0.717) is 18.2 Å². The monoisotopic (exact) mass is 550 g/mol. The number of likely N-dealkylation sites (tertiary alicyclic amines) is 1. The number of aryl methyl sites for hydroxylation is 1. The van der Waals surface area contributed by atoms with Crippen molar-refractivity contribution in [2.45, 2.75) is 45.6 Å². The highest BCUT2D eigenvalue weighted by Crippen LogP contribution is 2.31. The topological polar surface area (TPSA) is 68.0 Å². The minimum atomic E-state index is -0.549. The number of nitrogen functional groups attached to an aromatic ring is 1. The second-order valence-corrected chi connectivity index (χ2v) is 9.52. The van der Waals surface area contributed by atoms with Crippen LogP contribution in [0.15, 0.2) is 54.6 Å². The number of piperidine rings is 1. The highest BCUT2D eigenvalue weighted by molar-refractivity contribution is 5.85. The molecule has 0 radical (unpaired) electrons. The molecule has 1 heterocycles. The Morgan fingerprint density at radius 3 is 2.11 bits per heavy atom. The maximum atomic E-state index is 13.1. The number of aliphatic hydroxyl groups is 1. The van der Waals surface area contributed by atoms with Crippen molar-refractivity contribution < 1.29 is 19.0 Å². The summed E-state index contributed by atoms with van der Waals surface area (Å²) < 4.78 is 24.8. The lowest BCUT2D eigenvalue weighted by Crippen LogP contribution is -2.40. The smallest absolute Gasteiger partial charge is 0.127 e. The van der Waals surface area contributed by atoms with E-state index in [2.05, 4.69) is 17.0 Å². The molecule has 1 atom stereocenters. The molecule has 3 aromatic rings. The van der Waals surface area contributed by atoms with Gasteiger partial charge in [0.05, 0.1) is 0 Å². The Morgan fingerprint density at radius 2 is 1.51 bits per heavy atom. The van der Waals surface area contributed by atoms with Gasteiger partial charge in [-0.2, -0.15) is 0 Å². The summed E-state index contributed by atoms with van der Waals surface area (Å²) in [6, 6.07) is 16.1. The molecule has 37 heavy (non-hydrogen) atoms. The molecule has 1 aliphatic rings. The molecule has 3 aromatic carbocycles. The SMILES string of the molecule is Cc1cc(OCC(O)CN2CCC(c3ccc(Oc4ccc(F)cc4)cc3)CC2)c(C)c(C)c1N.Cl.Cl. The van der Waals surface area contributed by atoms with Crippen LogP contribution in [0, 0.1) is 26.6 Å². The molecule has 0 saturated carbocycles. The van der Waals surface area contributed by atoms with Gasteiger partial charge in [0.25, 0.3) is 0 Å². The Balaban J connectivity index is 0.00000241. The molecule has 0 aromatic heterocycles. The Morgan fingerprint density at radius 1 is 0.946 bits per heavy atom. The van der Waals surface area contributed by atoms with E-state index in [1.165, 1.54) is 17.7 Å². The second-order valence-electron chi connectivity index (χ2n) is 9.52. The zero-order valence-corrected chi connectivity index (χ0v) is 23.2. The first kappa shape index (κ1) is 30.7. The summed E-state index contributed by atoms with van der Waals surface area (Å²) in [4.78, 5) is 2.31. The zero-order chi connectivity index (χ0) is 24.9. The van der Waals surface area contributed by atoms with Gasteiger partial charge in [-0.3, -0.25) is 0 Å². The van der Waals surface area contributed by atoms with Gasteiger partial charge in [-0.15, -0.1) is 24.8 Å². The van der Waals surface area contributed by atoms with E-state index in [1.807, 2.05) is 39.0 Å². The first-order valence-electron chi connectivity index (χ1n) is 12.2. The van der Waals surface area contributed by atoms with Crippen molar-refractivity contribution in [1.82, 2.24) is 4.90 Å². The number of aliphatic hydroxyl groups excluding tert-OH is 1. The van der Waals surface area contributed by atoms with E-state index < -0.39 is 6.10 Å². The molecule has 1 aliphatic heterocycles. The predicted octanol–water partition coefficient (Wildman–Crippen LogP) is 6.59. The number of benzene rings is 3. The van der Waals surface area contributed by atoms with Gasteiger partial charge in [0, 0.05) is 12.2 Å². The zero-order valence-electron chi connectivity index (χ0n) is 21.6. The molecular formula is C29H37Cl2FN2O3. The molecule has 0 bridgehead atoms. The van der Waals surface area contributed by atoms with Crippen LogP contribution in [0.25, 0.3) is 0 Å². The highest BCUT2D eigenvalue weighted by Gasteiger charge is 2.23. The largest absolute Gasteiger partial charge is 0.491 e. The molecule has 3 N–H and O–H groups in total. The van der Waals surface area contributed by atoms with Crippen molar-refractivity contribution in [2.75, 3.05) is 32.0 Å². The van der Waals surface area contributed by atoms with Crippen LogP contribution < -0.4 is 15.2 Å². The van der Waals surface area contributed by atoms with Crippen LogP contribution in [0.2, 0.25) is 0 Å². The third-order valence-electron chi connectivity index (χ3n) is 7.00. The maximum absolute atomic E-state index is 13.1. The molecule has 1 saturated heterocycles. The Kier molecular flexibility index (Phi) is 11.5. The number of rotatable bonds is 8. The van der Waals surface area contributed by atoms with E-state index in [-0.39, 0.29) is 37.2 Å². The fourth-order valence-corrected chi connectivity index (χ4v) is 4.65. The summed E-state index contributed by atoms with van der Waals surface area (Å²) in [6.45, 7) is 8.71. The Bertz CT molecular complexity index is 1140. The lowest BCUT2D eigenvalue weighted by atomic mass is 9.89. The van der Waals surface area contributed by atoms with Crippen LogP contribution >= 0.6 is 24.8 Å². The third kappa shape index (κ3) is 7.99. The van der Waals surface area contributed by atoms with E-state index in [9.17, 15) is 9.50 Å². The molecule has 8 heteroatoms. The van der Waals surface area contributed by atoms with Crippen molar-refractivity contribution in [3.63, 3.8) is 0 Å². The van der Waals surface area contributed by atoms with Crippen LogP contribution in [-0.4, -0.2) is 42.4 Å². The van der Waals surface area contributed by atoms with Crippen molar-refractivity contribution in [3.8, 4) is 17.2 Å². The molecule has 202 valence electrons. The van der Waals surface area contributed by atoms with Crippen LogP contribution in [-0.2, 0) is 0 Å². The highest BCUT2D eigenvalue weighted by atomic mass is 35.5. The van der Waals surface area contributed by atoms with Gasteiger partial charge < -0.3 is 25.2 Å². The van der Waals surface area contributed by atoms with Crippen molar-refractivity contribution in [2.24, 2.45) is 0 Å². The Hall–Kier alpha value is -2.51. The summed E-state index contributed by atoms with van der Waals surface area (Å²) in [5.41, 5.74) is 11.2. The van der Waals surface area contributed by atoms with Gasteiger partial charge in [-0.1, -0.05) is 12.1 Å². The number of hydrogen-bond acceptors (Lipinski definition) is 5. The number of anilines is 1. The minimum Gasteiger partial charge on any atom is -0.491 e. The first-order chi connectivity index (χ1) is 16.8. The number of hydrogen-bond donors (Lipinski definition) is 2. The van der Waals surface area contributed by atoms with Gasteiger partial charge in [0.1, 0.15) is 35.8 Å². The van der Waals surface area contributed by atoms with Crippen LogP contribution in [0.1, 0.15) is 41.0 Å². The minimum absolute atomic E-state index is 0. The second kappa shape index (κ2) is 13.9. The average Bonchev–Trinajstić information content (AvgIpc) is 2.86. The maximum Gasteiger partial charge on any atom is 0.127 e. The lowest BCUT2D eigenvalue weighted by Gasteiger charge is -2.33. The fraction of sp³-hybridized carbons (Fsp3) is 0.379. The standard InChI is InChI=1S/C29H35FN2O3.2ClH/c1-19-16-28(20(2)21(3)29(19)31)34-18-25(33)17-32-14-12-23(13-15-32)22-4-8-26(9-5-22)35-27-10-6-24(30)7-11-27;;/h4-11,16,23,25,33H,12-15,17-18,31H2,1-3H3;2*1H. The van der Waals surface area contributed by atoms with Gasteiger partial charge in [-0.05, 0) is 117 Å². The summed E-state index contributed by atoms with van der Waals surface area (Å²) in [5.74, 6) is 2.36. The van der Waals surface area contributed by atoms with Crippen LogP contribution in [0.3, 0.4) is 0 Å². The lowest BCUT2D eigenvalue weighted by molar-refractivity contribution is 0.0592. The number of nitrogens with zero attached hydrogens (tertiary/aromatic N) is 1. The van der Waals surface area contributed by atoms with Crippen molar-refractivity contribution in [3.05, 3.63) is 82.7 Å². The van der Waals surface area contributed by atoms with Gasteiger partial charge in [-0.25, -0.2) is 4.39 Å². The van der Waals surface area contributed by atoms with Crippen molar-refractivity contribution in [1.29, 1.82) is 0 Å². The third-order valence-corrected chi connectivity index (χ3v) is 7.00. The molecule has 5 nitrogen and oxygen atoms in total. The van der Waals surface area contributed by atoms with E-state index >= 15 is 0 Å². The number of β-amino-alcohol motifs (C(OH)–C–C–N with tert-alkyl or cyclic N) is 1. The van der Waals surface area contributed by atoms with Crippen LogP contribution in [0.5, 0.6) is 17.2 Å². The molecule has 4 rings (SSSR count). The van der Waals surface area contributed by atoms with E-state index in [1.54, 1.807) is 12.1 Å². The summed E-state index contributed by atoms with van der Waals surface area (Å²) >= 11 is 0. The summed E-state index contributed by atoms with van der Waals surface area (Å²) in [7, 11) is 0. The number of halogens is 3. The number of ether oxygens (including phenoxy) is 2.